The molecule has 2 aliphatic rings. The molecule has 3 amide bonds. The summed E-state index contributed by atoms with van der Waals surface area (Å²) < 4.78 is 17.4. The topological polar surface area (TPSA) is 143 Å². The van der Waals surface area contributed by atoms with Gasteiger partial charge < -0.3 is 24.2 Å². The zero-order valence-corrected chi connectivity index (χ0v) is 28.7. The van der Waals surface area contributed by atoms with Gasteiger partial charge in [-0.2, -0.15) is 0 Å². The first kappa shape index (κ1) is 33.0. The van der Waals surface area contributed by atoms with Crippen LogP contribution < -0.4 is 5.32 Å². The molecule has 2 aliphatic heterocycles. The highest BCUT2D eigenvalue weighted by atomic mass is 16.6. The summed E-state index contributed by atoms with van der Waals surface area (Å²) in [6, 6.07) is 10.6. The van der Waals surface area contributed by atoms with Crippen LogP contribution in [0, 0.1) is 6.92 Å². The normalized spacial score (nSPS) is 18.4. The molecule has 12 nitrogen and oxygen atoms in total. The third-order valence-electron chi connectivity index (χ3n) is 8.49. The first-order valence-electron chi connectivity index (χ1n) is 16.5. The number of H-pyrrole nitrogens is 1. The van der Waals surface area contributed by atoms with Crippen LogP contribution in [0.25, 0.3) is 33.8 Å². The van der Waals surface area contributed by atoms with Crippen LogP contribution in [0.5, 0.6) is 0 Å². The first-order valence-corrected chi connectivity index (χ1v) is 16.5. The molecule has 254 valence electrons. The second-order valence-electron chi connectivity index (χ2n) is 14.5. The van der Waals surface area contributed by atoms with Gasteiger partial charge in [-0.15, -0.1) is 0 Å². The molecule has 0 bridgehead atoms. The molecule has 12 heteroatoms. The molecule has 48 heavy (non-hydrogen) atoms. The average molecular weight is 657 g/mol. The van der Waals surface area contributed by atoms with Gasteiger partial charge >= 0.3 is 12.2 Å². The van der Waals surface area contributed by atoms with Gasteiger partial charge in [0.25, 0.3) is 0 Å². The van der Waals surface area contributed by atoms with E-state index in [1.165, 1.54) is 4.90 Å². The molecular weight excluding hydrogens is 612 g/mol. The van der Waals surface area contributed by atoms with Crippen molar-refractivity contribution in [2.45, 2.75) is 97.4 Å². The predicted molar refractivity (Wildman–Crippen MR) is 181 cm³/mol. The maximum absolute atomic E-state index is 13.4. The fraction of sp³-hybridized carbons (Fsp3) is 0.472. The summed E-state index contributed by atoms with van der Waals surface area (Å²) in [5.41, 5.74) is 3.36. The highest BCUT2D eigenvalue weighted by molar-refractivity contribution is 5.98. The summed E-state index contributed by atoms with van der Waals surface area (Å²) in [5.74, 6) is 1.46. The quantitative estimate of drug-likeness (QED) is 0.224. The molecule has 2 fully saturated rings. The molecule has 0 aliphatic carbocycles. The van der Waals surface area contributed by atoms with Crippen molar-refractivity contribution in [2.75, 3.05) is 18.4 Å². The second-order valence-corrected chi connectivity index (χ2v) is 14.5. The smallest absolute Gasteiger partial charge is 0.410 e. The number of ether oxygens (including phenoxy) is 2. The summed E-state index contributed by atoms with van der Waals surface area (Å²) in [6.45, 7) is 14.0. The van der Waals surface area contributed by atoms with E-state index in [9.17, 15) is 14.4 Å². The molecular formula is C36H44N6O6. The third-order valence-corrected chi connectivity index (χ3v) is 8.49. The minimum atomic E-state index is -0.645. The molecule has 2 aromatic carbocycles. The summed E-state index contributed by atoms with van der Waals surface area (Å²) >= 11 is 0. The molecule has 6 rings (SSSR count). The maximum atomic E-state index is 13.4. The summed E-state index contributed by atoms with van der Waals surface area (Å²) in [5, 5.41) is 3.01. The largest absolute Gasteiger partial charge is 0.444 e. The molecule has 2 N–H and O–H groups in total. The molecule has 0 unspecified atom stereocenters. The Morgan fingerprint density at radius 1 is 0.938 bits per heavy atom. The van der Waals surface area contributed by atoms with E-state index < -0.39 is 23.3 Å². The number of hydrogen-bond acceptors (Lipinski definition) is 8. The Hall–Kier alpha value is -4.87. The number of amides is 3. The highest BCUT2D eigenvalue weighted by Gasteiger charge is 2.37. The molecule has 0 radical (unpaired) electrons. The predicted octanol–water partition coefficient (Wildman–Crippen LogP) is 7.60. The van der Waals surface area contributed by atoms with Crippen molar-refractivity contribution < 1.29 is 28.3 Å². The van der Waals surface area contributed by atoms with Gasteiger partial charge in [-0.3, -0.25) is 14.6 Å². The van der Waals surface area contributed by atoms with Crippen LogP contribution in [0.4, 0.5) is 15.3 Å². The van der Waals surface area contributed by atoms with Gasteiger partial charge in [-0.25, -0.2) is 19.6 Å². The number of carbonyl (C=O) groups is 3. The van der Waals surface area contributed by atoms with Crippen molar-refractivity contribution in [2.24, 2.45) is 0 Å². The highest BCUT2D eigenvalue weighted by Crippen LogP contribution is 2.35. The summed E-state index contributed by atoms with van der Waals surface area (Å²) in [6.07, 6.45) is 3.84. The van der Waals surface area contributed by atoms with Crippen LogP contribution in [-0.4, -0.2) is 73.2 Å². The number of nitrogens with one attached hydrogen (secondary N) is 2. The molecule has 0 spiro atoms. The van der Waals surface area contributed by atoms with Gasteiger partial charge in [0.2, 0.25) is 11.8 Å². The number of nitrogens with zero attached hydrogens (tertiary/aromatic N) is 4. The molecule has 4 heterocycles. The number of anilines is 1. The van der Waals surface area contributed by atoms with Crippen LogP contribution in [-0.2, 0) is 14.3 Å². The number of oxazole rings is 1. The lowest BCUT2D eigenvalue weighted by molar-refractivity contribution is -0.120. The Balaban J connectivity index is 1.18. The van der Waals surface area contributed by atoms with Crippen molar-refractivity contribution in [3.63, 3.8) is 0 Å². The Labute approximate surface area is 280 Å². The summed E-state index contributed by atoms with van der Waals surface area (Å²) in [4.78, 5) is 55.0. The SMILES string of the molecule is Cc1c(NC(=O)[C@@H]2CCCN2C(=O)OC(C)(C)C)cccc1-c1ncc(-c2ccc3nc([C@@H]4CCCN4C(=O)OC(C)(C)C)[nH]c3c2)o1. The van der Waals surface area contributed by atoms with Crippen molar-refractivity contribution in [1.82, 2.24) is 24.8 Å². The lowest BCUT2D eigenvalue weighted by atomic mass is 10.1. The average Bonchev–Trinajstić information content (AvgIpc) is 3.81. The van der Waals surface area contributed by atoms with E-state index in [1.54, 1.807) is 11.1 Å². The minimum absolute atomic E-state index is 0.183. The number of carbonyl (C=O) groups excluding carboxylic acids is 3. The van der Waals surface area contributed by atoms with E-state index in [1.807, 2.05) is 84.9 Å². The number of benzene rings is 2. The molecule has 2 saturated heterocycles. The first-order chi connectivity index (χ1) is 22.7. The van der Waals surface area contributed by atoms with E-state index in [0.717, 1.165) is 52.8 Å². The minimum Gasteiger partial charge on any atom is -0.444 e. The van der Waals surface area contributed by atoms with Gasteiger partial charge in [-0.05, 0) is 110 Å². The van der Waals surface area contributed by atoms with E-state index in [2.05, 4.69) is 15.3 Å². The van der Waals surface area contributed by atoms with Crippen molar-refractivity contribution in [1.29, 1.82) is 0 Å². The number of hydrogen-bond donors (Lipinski definition) is 2. The maximum Gasteiger partial charge on any atom is 0.410 e. The van der Waals surface area contributed by atoms with Crippen LogP contribution >= 0.6 is 0 Å². The monoisotopic (exact) mass is 656 g/mol. The molecule has 2 aromatic heterocycles. The van der Waals surface area contributed by atoms with Crippen LogP contribution in [0.2, 0.25) is 0 Å². The lowest BCUT2D eigenvalue weighted by Crippen LogP contribution is -2.45. The summed E-state index contributed by atoms with van der Waals surface area (Å²) in [7, 11) is 0. The third kappa shape index (κ3) is 7.02. The molecule has 2 atom stereocenters. The Kier molecular flexibility index (Phi) is 8.69. The van der Waals surface area contributed by atoms with Gasteiger partial charge in [0.15, 0.2) is 5.76 Å². The number of likely N-dealkylation sites (tertiary alicyclic amines) is 2. The van der Waals surface area contributed by atoms with Crippen molar-refractivity contribution in [3.05, 3.63) is 54.0 Å². The van der Waals surface area contributed by atoms with Crippen LogP contribution in [0.15, 0.2) is 47.0 Å². The van der Waals surface area contributed by atoms with E-state index in [4.69, 9.17) is 18.9 Å². The van der Waals surface area contributed by atoms with Gasteiger partial charge in [0, 0.05) is 29.9 Å². The zero-order valence-electron chi connectivity index (χ0n) is 28.7. The fourth-order valence-electron chi connectivity index (χ4n) is 6.26. The lowest BCUT2D eigenvalue weighted by Gasteiger charge is -2.28. The number of imidazole rings is 1. The second kappa shape index (κ2) is 12.6. The number of aromatic nitrogens is 3. The van der Waals surface area contributed by atoms with E-state index in [0.29, 0.717) is 36.8 Å². The Morgan fingerprint density at radius 2 is 1.62 bits per heavy atom. The number of rotatable bonds is 5. The molecule has 4 aromatic rings. The number of fused-ring (bicyclic) bond motifs is 1. The van der Waals surface area contributed by atoms with E-state index >= 15 is 0 Å². The Morgan fingerprint density at radius 3 is 2.35 bits per heavy atom. The fourth-order valence-corrected chi connectivity index (χ4v) is 6.26. The van der Waals surface area contributed by atoms with E-state index in [-0.39, 0.29) is 18.0 Å². The Bertz CT molecular complexity index is 1850. The standard InChI is InChI=1S/C36H44N6O6/c1-21-23(11-8-12-24(21)40-31(43)28-14-10-18-42(28)34(45)48-36(5,6)7)32-37-20-29(46-32)22-15-16-25-26(19-22)39-30(38-25)27-13-9-17-41(27)33(44)47-35(2,3)4/h8,11-12,15-16,19-20,27-28H,9-10,13-14,17-18H2,1-7H3,(H,38,39)(H,40,43)/t27-,28-/m0/s1. The van der Waals surface area contributed by atoms with Gasteiger partial charge in [0.05, 0.1) is 23.3 Å². The van der Waals surface area contributed by atoms with Crippen molar-refractivity contribution in [3.8, 4) is 22.8 Å². The van der Waals surface area contributed by atoms with Crippen molar-refractivity contribution >= 4 is 34.8 Å². The van der Waals surface area contributed by atoms with Gasteiger partial charge in [-0.1, -0.05) is 6.07 Å². The zero-order chi connectivity index (χ0) is 34.4. The molecule has 0 saturated carbocycles. The van der Waals surface area contributed by atoms with Gasteiger partial charge in [0.1, 0.15) is 23.1 Å². The van der Waals surface area contributed by atoms with Crippen LogP contribution in [0.3, 0.4) is 0 Å². The number of aromatic amines is 1. The van der Waals surface area contributed by atoms with Crippen LogP contribution in [0.1, 0.15) is 84.7 Å².